The van der Waals surface area contributed by atoms with Crippen molar-refractivity contribution in [3.05, 3.63) is 45.8 Å². The number of thiophene rings is 1. The Hall–Kier alpha value is -2.85. The minimum Gasteiger partial charge on any atom is -0.462 e. The number of hydrogen-bond acceptors (Lipinski definition) is 8. The summed E-state index contributed by atoms with van der Waals surface area (Å²) in [4.78, 5) is 26.8. The van der Waals surface area contributed by atoms with Crippen LogP contribution in [0, 0.1) is 6.92 Å². The lowest BCUT2D eigenvalue weighted by molar-refractivity contribution is -0.115. The van der Waals surface area contributed by atoms with Crippen molar-refractivity contribution in [1.29, 1.82) is 0 Å². The summed E-state index contributed by atoms with van der Waals surface area (Å²) >= 11 is 2.69. The second kappa shape index (κ2) is 9.96. The van der Waals surface area contributed by atoms with Gasteiger partial charge in [-0.05, 0) is 52.0 Å². The Balaban J connectivity index is 1.50. The number of benzene rings is 1. The molecule has 4 rings (SSSR count). The van der Waals surface area contributed by atoms with Crippen molar-refractivity contribution >= 4 is 40.0 Å². The fraction of sp³-hybridized carbons (Fsp3) is 0.391. The van der Waals surface area contributed by atoms with Gasteiger partial charge in [0.2, 0.25) is 11.1 Å². The summed E-state index contributed by atoms with van der Waals surface area (Å²) in [5.74, 6) is 6.14. The Bertz CT molecular complexity index is 1170. The fourth-order valence-electron chi connectivity index (χ4n) is 3.76. The van der Waals surface area contributed by atoms with Crippen LogP contribution in [-0.4, -0.2) is 38.6 Å². The summed E-state index contributed by atoms with van der Waals surface area (Å²) in [7, 11) is 0. The van der Waals surface area contributed by atoms with Gasteiger partial charge in [-0.15, -0.1) is 21.5 Å². The molecule has 1 aliphatic rings. The normalized spacial score (nSPS) is 13.9. The molecule has 1 aromatic carbocycles. The van der Waals surface area contributed by atoms with E-state index in [0.717, 1.165) is 47.3 Å². The third-order valence-corrected chi connectivity index (χ3v) is 7.78. The first-order valence-electron chi connectivity index (χ1n) is 11.0. The summed E-state index contributed by atoms with van der Waals surface area (Å²) < 4.78 is 6.67. The van der Waals surface area contributed by atoms with E-state index < -0.39 is 5.25 Å². The number of aromatic nitrogens is 3. The van der Waals surface area contributed by atoms with Crippen LogP contribution in [0.2, 0.25) is 0 Å². The van der Waals surface area contributed by atoms with Crippen LogP contribution in [0.1, 0.15) is 53.1 Å². The molecule has 0 spiro atoms. The number of hydrogen-bond donors (Lipinski definition) is 2. The van der Waals surface area contributed by atoms with Crippen LogP contribution < -0.4 is 11.2 Å². The first-order chi connectivity index (χ1) is 15.9. The van der Waals surface area contributed by atoms with Gasteiger partial charge in [0.15, 0.2) is 5.82 Å². The molecule has 174 valence electrons. The van der Waals surface area contributed by atoms with Gasteiger partial charge in [0.05, 0.1) is 17.4 Å². The lowest BCUT2D eigenvalue weighted by Gasteiger charge is -2.13. The maximum Gasteiger partial charge on any atom is 0.341 e. The number of carbonyl (C=O) groups excluding carboxylic acids is 2. The highest BCUT2D eigenvalue weighted by Crippen LogP contribution is 2.39. The molecule has 0 bridgehead atoms. The largest absolute Gasteiger partial charge is 0.462 e. The molecule has 0 fully saturated rings. The topological polar surface area (TPSA) is 112 Å². The summed E-state index contributed by atoms with van der Waals surface area (Å²) in [6.07, 6.45) is 3.87. The monoisotopic (exact) mass is 485 g/mol. The van der Waals surface area contributed by atoms with Gasteiger partial charge in [0.1, 0.15) is 5.00 Å². The summed E-state index contributed by atoms with van der Waals surface area (Å²) in [5, 5.41) is 11.8. The van der Waals surface area contributed by atoms with E-state index in [-0.39, 0.29) is 11.9 Å². The lowest BCUT2D eigenvalue weighted by atomic mass is 9.95. The van der Waals surface area contributed by atoms with Crippen LogP contribution in [0.4, 0.5) is 5.00 Å². The van der Waals surface area contributed by atoms with Crippen molar-refractivity contribution in [2.45, 2.75) is 56.9 Å². The number of ether oxygens (including phenoxy) is 1. The highest BCUT2D eigenvalue weighted by molar-refractivity contribution is 8.00. The molecule has 0 saturated heterocycles. The maximum absolute atomic E-state index is 13.0. The molecule has 1 unspecified atom stereocenters. The Morgan fingerprint density at radius 3 is 2.70 bits per heavy atom. The number of nitrogens with two attached hydrogens (primary N) is 1. The predicted molar refractivity (Wildman–Crippen MR) is 131 cm³/mol. The van der Waals surface area contributed by atoms with Crippen molar-refractivity contribution in [1.82, 2.24) is 14.9 Å². The molecule has 33 heavy (non-hydrogen) atoms. The van der Waals surface area contributed by atoms with Gasteiger partial charge in [0, 0.05) is 10.4 Å². The third kappa shape index (κ3) is 4.91. The van der Waals surface area contributed by atoms with E-state index in [0.29, 0.717) is 28.2 Å². The Kier molecular flexibility index (Phi) is 7.04. The Morgan fingerprint density at radius 1 is 1.24 bits per heavy atom. The molecule has 3 aromatic rings. The van der Waals surface area contributed by atoms with Gasteiger partial charge in [-0.2, -0.15) is 0 Å². The molecule has 1 aliphatic carbocycles. The van der Waals surface area contributed by atoms with Gasteiger partial charge in [-0.25, -0.2) is 9.47 Å². The number of amides is 1. The van der Waals surface area contributed by atoms with Crippen molar-refractivity contribution in [2.24, 2.45) is 0 Å². The quantitative estimate of drug-likeness (QED) is 0.293. The highest BCUT2D eigenvalue weighted by atomic mass is 32.2. The number of nitrogens with zero attached hydrogens (tertiary/aromatic N) is 3. The number of anilines is 1. The Labute approximate surface area is 200 Å². The molecule has 0 saturated carbocycles. The SMILES string of the molecule is CCOC(=O)c1c(NC(=O)C(C)Sc2nnc(-c3ccc(C)cc3)n2N)sc2c1CCCC2. The Morgan fingerprint density at radius 2 is 1.97 bits per heavy atom. The van der Waals surface area contributed by atoms with E-state index in [2.05, 4.69) is 15.5 Å². The number of rotatable bonds is 7. The standard InChI is InChI=1S/C23H27N5O3S2/c1-4-31-22(30)18-16-7-5-6-8-17(16)33-21(18)25-20(29)14(3)32-23-27-26-19(28(23)24)15-11-9-13(2)10-12-15/h9-12,14H,4-8,24H2,1-3H3,(H,25,29). The van der Waals surface area contributed by atoms with Gasteiger partial charge >= 0.3 is 5.97 Å². The number of aryl methyl sites for hydroxylation is 2. The first-order valence-corrected chi connectivity index (χ1v) is 12.6. The van der Waals surface area contributed by atoms with Crippen molar-refractivity contribution in [3.8, 4) is 11.4 Å². The molecule has 2 heterocycles. The van der Waals surface area contributed by atoms with Crippen molar-refractivity contribution in [2.75, 3.05) is 17.8 Å². The number of esters is 1. The molecule has 3 N–H and O–H groups in total. The van der Waals surface area contributed by atoms with E-state index in [1.807, 2.05) is 31.2 Å². The average molecular weight is 486 g/mol. The molecule has 1 amide bonds. The zero-order valence-corrected chi connectivity index (χ0v) is 20.5. The average Bonchev–Trinajstić information content (AvgIpc) is 3.34. The minimum absolute atomic E-state index is 0.232. The molecule has 2 aromatic heterocycles. The molecule has 0 aliphatic heterocycles. The van der Waals surface area contributed by atoms with Crippen LogP contribution in [0.25, 0.3) is 11.4 Å². The van der Waals surface area contributed by atoms with Crippen LogP contribution >= 0.6 is 23.1 Å². The van der Waals surface area contributed by atoms with E-state index in [4.69, 9.17) is 10.6 Å². The zero-order chi connectivity index (χ0) is 23.5. The van der Waals surface area contributed by atoms with E-state index in [9.17, 15) is 9.59 Å². The number of nitrogen functional groups attached to an aromatic ring is 1. The molecule has 0 radical (unpaired) electrons. The second-order valence-electron chi connectivity index (χ2n) is 7.93. The summed E-state index contributed by atoms with van der Waals surface area (Å²) in [6, 6.07) is 7.83. The smallest absolute Gasteiger partial charge is 0.341 e. The van der Waals surface area contributed by atoms with Crippen LogP contribution in [0.5, 0.6) is 0 Å². The third-order valence-electron chi connectivity index (χ3n) is 5.51. The number of thioether (sulfide) groups is 1. The van der Waals surface area contributed by atoms with Crippen molar-refractivity contribution < 1.29 is 14.3 Å². The number of nitrogens with one attached hydrogen (secondary N) is 1. The van der Waals surface area contributed by atoms with E-state index >= 15 is 0 Å². The maximum atomic E-state index is 13.0. The highest BCUT2D eigenvalue weighted by Gasteiger charge is 2.29. The van der Waals surface area contributed by atoms with Gasteiger partial charge in [0.25, 0.3) is 0 Å². The molecule has 1 atom stereocenters. The van der Waals surface area contributed by atoms with Crippen LogP contribution in [0.3, 0.4) is 0 Å². The summed E-state index contributed by atoms with van der Waals surface area (Å²) in [5.41, 5.74) is 3.51. The molecular weight excluding hydrogens is 458 g/mol. The van der Waals surface area contributed by atoms with E-state index in [1.54, 1.807) is 13.8 Å². The van der Waals surface area contributed by atoms with Gasteiger partial charge in [-0.1, -0.05) is 41.6 Å². The van der Waals surface area contributed by atoms with Crippen LogP contribution in [0.15, 0.2) is 29.4 Å². The first kappa shape index (κ1) is 23.3. The lowest BCUT2D eigenvalue weighted by Crippen LogP contribution is -2.24. The number of fused-ring (bicyclic) bond motifs is 1. The predicted octanol–water partition coefficient (Wildman–Crippen LogP) is 4.20. The number of carbonyl (C=O) groups is 2. The minimum atomic E-state index is -0.503. The molecule has 10 heteroatoms. The van der Waals surface area contributed by atoms with Crippen molar-refractivity contribution in [3.63, 3.8) is 0 Å². The summed E-state index contributed by atoms with van der Waals surface area (Å²) in [6.45, 7) is 5.85. The molecular formula is C23H27N5O3S2. The van der Waals surface area contributed by atoms with Gasteiger partial charge in [-0.3, -0.25) is 4.79 Å². The van der Waals surface area contributed by atoms with E-state index in [1.165, 1.54) is 27.8 Å². The zero-order valence-electron chi connectivity index (χ0n) is 18.9. The van der Waals surface area contributed by atoms with Gasteiger partial charge < -0.3 is 15.9 Å². The fourth-order valence-corrected chi connectivity index (χ4v) is 5.81. The molecule has 8 nitrogen and oxygen atoms in total. The second-order valence-corrected chi connectivity index (χ2v) is 10.3. The van der Waals surface area contributed by atoms with Crippen LogP contribution in [-0.2, 0) is 22.4 Å².